The molecule has 1 atom stereocenters. The molecule has 10 nitrogen and oxygen atoms in total. The zero-order chi connectivity index (χ0) is 28.6. The van der Waals surface area contributed by atoms with Gasteiger partial charge < -0.3 is 14.6 Å². The Morgan fingerprint density at radius 3 is 2.45 bits per heavy atom. The maximum absolute atomic E-state index is 14.7. The standard InChI is InChI=1S/C26H34FN3O7S/c1-16-7-8-21(17(2)13-16)30(24(34)37-25(3,4)5)22-20(14-19(27)23(33)29(22)6)28-38(35,36)26(10-11-26)15-18(32)9-12-31/h7-8,12-14,18,28,32H,9-11,15H2,1-6H3. The maximum Gasteiger partial charge on any atom is 0.420 e. The summed E-state index contributed by atoms with van der Waals surface area (Å²) in [5.74, 6) is -1.48. The third kappa shape index (κ3) is 6.07. The molecule has 2 aromatic rings. The monoisotopic (exact) mass is 551 g/mol. The van der Waals surface area contributed by atoms with Crippen molar-refractivity contribution < 1.29 is 32.2 Å². The number of nitrogens with zero attached hydrogens (tertiary/aromatic N) is 2. The van der Waals surface area contributed by atoms with Crippen molar-refractivity contribution in [1.29, 1.82) is 0 Å². The minimum atomic E-state index is -4.26. The van der Waals surface area contributed by atoms with Crippen LogP contribution in [-0.4, -0.2) is 46.9 Å². The number of hydrogen-bond donors (Lipinski definition) is 2. The number of aliphatic hydroxyl groups excluding tert-OH is 1. The molecule has 0 saturated heterocycles. The Hall–Kier alpha value is -3.25. The first-order valence-corrected chi connectivity index (χ1v) is 13.6. The molecular formula is C26H34FN3O7S. The predicted molar refractivity (Wildman–Crippen MR) is 142 cm³/mol. The van der Waals surface area contributed by atoms with Crippen molar-refractivity contribution in [2.45, 2.75) is 76.8 Å². The molecule has 1 aliphatic rings. The van der Waals surface area contributed by atoms with Crippen molar-refractivity contribution in [3.63, 3.8) is 0 Å². The van der Waals surface area contributed by atoms with Gasteiger partial charge in [0.05, 0.1) is 22.2 Å². The Morgan fingerprint density at radius 1 is 1.29 bits per heavy atom. The van der Waals surface area contributed by atoms with Crippen molar-refractivity contribution in [3.05, 3.63) is 51.6 Å². The van der Waals surface area contributed by atoms with Crippen molar-refractivity contribution in [2.75, 3.05) is 9.62 Å². The molecule has 1 aliphatic carbocycles. The van der Waals surface area contributed by atoms with E-state index in [1.54, 1.807) is 45.9 Å². The number of hydrogen-bond acceptors (Lipinski definition) is 7. The molecule has 0 aliphatic heterocycles. The van der Waals surface area contributed by atoms with Gasteiger partial charge in [-0.1, -0.05) is 17.7 Å². The van der Waals surface area contributed by atoms with Crippen LogP contribution in [0.15, 0.2) is 29.1 Å². The van der Waals surface area contributed by atoms with Crippen molar-refractivity contribution in [3.8, 4) is 0 Å². The number of carbonyl (C=O) groups is 2. The average molecular weight is 552 g/mol. The van der Waals surface area contributed by atoms with Gasteiger partial charge in [0, 0.05) is 19.5 Å². The first kappa shape index (κ1) is 29.3. The van der Waals surface area contributed by atoms with E-state index in [4.69, 9.17) is 4.74 Å². The molecule has 1 amide bonds. The Morgan fingerprint density at radius 2 is 1.92 bits per heavy atom. The fourth-order valence-corrected chi connectivity index (χ4v) is 6.00. The lowest BCUT2D eigenvalue weighted by Crippen LogP contribution is -2.39. The molecule has 2 N–H and O–H groups in total. The summed E-state index contributed by atoms with van der Waals surface area (Å²) in [5.41, 5.74) is -0.560. The highest BCUT2D eigenvalue weighted by molar-refractivity contribution is 7.94. The van der Waals surface area contributed by atoms with Crippen LogP contribution in [-0.2, 0) is 26.6 Å². The zero-order valence-electron chi connectivity index (χ0n) is 22.4. The van der Waals surface area contributed by atoms with Crippen molar-refractivity contribution in [2.24, 2.45) is 7.05 Å². The van der Waals surface area contributed by atoms with E-state index in [1.165, 1.54) is 7.05 Å². The predicted octanol–water partition coefficient (Wildman–Crippen LogP) is 3.83. The minimum Gasteiger partial charge on any atom is -0.443 e. The third-order valence-electron chi connectivity index (χ3n) is 6.32. The van der Waals surface area contributed by atoms with Gasteiger partial charge in [-0.15, -0.1) is 0 Å². The van der Waals surface area contributed by atoms with Gasteiger partial charge in [-0.05, 0) is 65.5 Å². The normalized spacial score (nSPS) is 15.5. The highest BCUT2D eigenvalue weighted by Gasteiger charge is 2.55. The quantitative estimate of drug-likeness (QED) is 0.452. The number of rotatable bonds is 9. The second-order valence-corrected chi connectivity index (χ2v) is 12.8. The molecular weight excluding hydrogens is 517 g/mol. The number of carbonyl (C=O) groups excluding carboxylic acids is 2. The molecule has 1 saturated carbocycles. The van der Waals surface area contributed by atoms with E-state index in [0.29, 0.717) is 17.5 Å². The lowest BCUT2D eigenvalue weighted by molar-refractivity contribution is -0.109. The minimum absolute atomic E-state index is 0.197. The van der Waals surface area contributed by atoms with E-state index in [1.807, 2.05) is 6.92 Å². The van der Waals surface area contributed by atoms with E-state index < -0.39 is 43.9 Å². The molecule has 1 fully saturated rings. The number of halogens is 1. The Labute approximate surface area is 221 Å². The summed E-state index contributed by atoms with van der Waals surface area (Å²) in [6.07, 6.45) is -1.56. The first-order chi connectivity index (χ1) is 17.5. The Bertz CT molecular complexity index is 1410. The van der Waals surface area contributed by atoms with Crippen LogP contribution < -0.4 is 15.2 Å². The lowest BCUT2D eigenvalue weighted by atomic mass is 10.1. The van der Waals surface area contributed by atoms with Crippen molar-refractivity contribution in [1.82, 2.24) is 4.57 Å². The van der Waals surface area contributed by atoms with Crippen LogP contribution in [0.4, 0.5) is 26.4 Å². The summed E-state index contributed by atoms with van der Waals surface area (Å²) in [6, 6.07) is 5.89. The molecule has 1 aromatic carbocycles. The number of amides is 1. The van der Waals surface area contributed by atoms with Gasteiger partial charge >= 0.3 is 6.09 Å². The lowest BCUT2D eigenvalue weighted by Gasteiger charge is -2.31. The van der Waals surface area contributed by atoms with Gasteiger partial charge in [0.2, 0.25) is 10.0 Å². The smallest absolute Gasteiger partial charge is 0.420 e. The van der Waals surface area contributed by atoms with Gasteiger partial charge in [-0.2, -0.15) is 0 Å². The Kier molecular flexibility index (Phi) is 8.09. The zero-order valence-corrected chi connectivity index (χ0v) is 23.2. The summed E-state index contributed by atoms with van der Waals surface area (Å²) in [6.45, 7) is 8.55. The van der Waals surface area contributed by atoms with Gasteiger partial charge in [0.1, 0.15) is 17.7 Å². The molecule has 0 spiro atoms. The topological polar surface area (TPSA) is 135 Å². The summed E-state index contributed by atoms with van der Waals surface area (Å²) < 4.78 is 49.1. The van der Waals surface area contributed by atoms with Crippen LogP contribution in [0.3, 0.4) is 0 Å². The second kappa shape index (κ2) is 10.5. The van der Waals surface area contributed by atoms with Gasteiger partial charge in [-0.3, -0.25) is 14.1 Å². The summed E-state index contributed by atoms with van der Waals surface area (Å²) in [5, 5.41) is 10.1. The van der Waals surface area contributed by atoms with E-state index in [2.05, 4.69) is 4.72 Å². The third-order valence-corrected chi connectivity index (χ3v) is 8.52. The fourth-order valence-electron chi connectivity index (χ4n) is 4.30. The number of sulfonamides is 1. The van der Waals surface area contributed by atoms with Gasteiger partial charge in [0.25, 0.3) is 5.56 Å². The summed E-state index contributed by atoms with van der Waals surface area (Å²) in [7, 11) is -3.04. The fraction of sp³-hybridized carbons (Fsp3) is 0.500. The second-order valence-electron chi connectivity index (χ2n) is 10.7. The summed E-state index contributed by atoms with van der Waals surface area (Å²) >= 11 is 0. The van der Waals surface area contributed by atoms with Crippen LogP contribution in [0.25, 0.3) is 0 Å². The molecule has 1 aromatic heterocycles. The van der Waals surface area contributed by atoms with Crippen LogP contribution >= 0.6 is 0 Å². The SMILES string of the molecule is Cc1ccc(N(C(=O)OC(C)(C)C)c2c(NS(=O)(=O)C3(CC(O)CC=O)CC3)cc(F)c(=O)n2C)c(C)c1. The number of anilines is 3. The molecule has 208 valence electrons. The molecule has 0 bridgehead atoms. The van der Waals surface area contributed by atoms with Crippen LogP contribution in [0, 0.1) is 19.7 Å². The molecule has 0 radical (unpaired) electrons. The molecule has 3 rings (SSSR count). The highest BCUT2D eigenvalue weighted by Crippen LogP contribution is 2.49. The van der Waals surface area contributed by atoms with Crippen LogP contribution in [0.1, 0.15) is 57.6 Å². The van der Waals surface area contributed by atoms with Crippen LogP contribution in [0.5, 0.6) is 0 Å². The number of aldehydes is 1. The van der Waals surface area contributed by atoms with Crippen LogP contribution in [0.2, 0.25) is 0 Å². The highest BCUT2D eigenvalue weighted by atomic mass is 32.2. The number of aromatic nitrogens is 1. The van der Waals surface area contributed by atoms with E-state index in [0.717, 1.165) is 21.1 Å². The number of pyridine rings is 1. The van der Waals surface area contributed by atoms with Gasteiger partial charge in [0.15, 0.2) is 5.82 Å². The number of benzene rings is 1. The van der Waals surface area contributed by atoms with E-state index in [-0.39, 0.29) is 37.2 Å². The average Bonchev–Trinajstić information content (AvgIpc) is 3.55. The molecule has 12 heteroatoms. The maximum atomic E-state index is 14.7. The summed E-state index contributed by atoms with van der Waals surface area (Å²) in [4.78, 5) is 38.1. The Balaban J connectivity index is 2.21. The largest absolute Gasteiger partial charge is 0.443 e. The number of nitrogens with one attached hydrogen (secondary N) is 1. The number of ether oxygens (including phenoxy) is 1. The first-order valence-electron chi connectivity index (χ1n) is 12.2. The number of aryl methyl sites for hydroxylation is 2. The van der Waals surface area contributed by atoms with E-state index in [9.17, 15) is 32.3 Å². The van der Waals surface area contributed by atoms with E-state index >= 15 is 0 Å². The molecule has 38 heavy (non-hydrogen) atoms. The molecule has 1 heterocycles. The van der Waals surface area contributed by atoms with Crippen molar-refractivity contribution >= 4 is 39.6 Å². The molecule has 1 unspecified atom stereocenters. The number of aliphatic hydroxyl groups is 1. The van der Waals surface area contributed by atoms with Gasteiger partial charge in [-0.25, -0.2) is 22.5 Å².